The van der Waals surface area contributed by atoms with Gasteiger partial charge in [-0.3, -0.25) is 0 Å². The number of fused-ring (bicyclic) bond motifs is 2. The molecule has 30 heteroatoms. The van der Waals surface area contributed by atoms with E-state index < -0.39 is 79.8 Å². The van der Waals surface area contributed by atoms with E-state index in [9.17, 15) is 54.2 Å². The number of hydrogen-bond acceptors (Lipinski definition) is 20. The summed E-state index contributed by atoms with van der Waals surface area (Å²) in [7, 11) is -8.25. The summed E-state index contributed by atoms with van der Waals surface area (Å²) >= 11 is 2.77. The minimum atomic E-state index is -4.13. The number of halogens is 4. The first-order valence-electron chi connectivity index (χ1n) is 33.9. The molecule has 8 fully saturated rings. The number of rotatable bonds is 26. The molecule has 4 aliphatic carbocycles. The average Bonchev–Trinajstić information content (AvgIpc) is 1.54. The minimum Gasteiger partial charge on any atom is -0.446 e. The largest absolute Gasteiger partial charge is 0.446 e. The van der Waals surface area contributed by atoms with E-state index in [0.717, 1.165) is 85.2 Å². The monoisotopic (exact) mass is 1440 g/mol. The lowest BCUT2D eigenvalue weighted by molar-refractivity contribution is -0.173. The van der Waals surface area contributed by atoms with Gasteiger partial charge in [0, 0.05) is 74.1 Å². The van der Waals surface area contributed by atoms with Crippen LogP contribution in [0.5, 0.6) is 0 Å². The zero-order valence-corrected chi connectivity index (χ0v) is 58.0. The summed E-state index contributed by atoms with van der Waals surface area (Å²) in [4.78, 5) is 36.0. The number of carbonyl (C=O) groups excluding carboxylic acids is 2. The number of carbonyl (C=O) groups is 2. The van der Waals surface area contributed by atoms with Crippen LogP contribution in [0.1, 0.15) is 90.2 Å². The van der Waals surface area contributed by atoms with Gasteiger partial charge in [-0.05, 0) is 160 Å². The Balaban J connectivity index is 0.000000176. The van der Waals surface area contributed by atoms with Crippen LogP contribution in [-0.4, -0.2) is 172 Å². The highest BCUT2D eigenvalue weighted by Gasteiger charge is 2.56. The molecular formula is C68H84F4N8O14S4. The summed E-state index contributed by atoms with van der Waals surface area (Å²) in [5, 5.41) is 36.9. The van der Waals surface area contributed by atoms with E-state index in [2.05, 4.69) is 31.2 Å². The number of aliphatic hydroxyl groups excluding tert-OH is 2. The van der Waals surface area contributed by atoms with Gasteiger partial charge in [0.2, 0.25) is 20.0 Å². The van der Waals surface area contributed by atoms with Gasteiger partial charge in [0.05, 0.1) is 80.9 Å². The Morgan fingerprint density at radius 2 is 0.949 bits per heavy atom. The lowest BCUT2D eigenvalue weighted by Crippen LogP contribution is -2.51. The van der Waals surface area contributed by atoms with E-state index in [1.54, 1.807) is 24.3 Å². The van der Waals surface area contributed by atoms with Crippen molar-refractivity contribution in [2.75, 3.05) is 63.2 Å². The highest BCUT2D eigenvalue weighted by Crippen LogP contribution is 2.51. The van der Waals surface area contributed by atoms with Gasteiger partial charge in [-0.2, -0.15) is 8.61 Å². The maximum atomic E-state index is 14.2. The molecule has 6 heterocycles. The van der Waals surface area contributed by atoms with Gasteiger partial charge in [-0.15, -0.1) is 0 Å². The predicted molar refractivity (Wildman–Crippen MR) is 357 cm³/mol. The average molecular weight is 1440 g/mol. The Morgan fingerprint density at radius 3 is 1.32 bits per heavy atom. The van der Waals surface area contributed by atoms with Crippen LogP contribution >= 0.6 is 22.7 Å². The highest BCUT2D eigenvalue weighted by molar-refractivity contribution is 7.89. The standard InChI is InChI=1S/2C34H42F2N4O7S2/c2*1-18(2)15-40(49(43,44)24-5-6-26-30(14-24)48-33(38-26)37-23-3-4-23)16-28(41)27(11-19-9-21(35)13-22(36)10-19)39-34(42)47-29-12-20-17-46-32-31(20)25(29)7-8-45-32/h2*5-6,9-10,13-14,18,20,23,25,27-29,31-32,41H,3-4,7-8,11-12,15-17H2,1-2H3,(H,37,38)(H,39,42)/t20-,25?,27+,28-,29-,31+,32+;20-,25?,27-,28+,29-,31+,32+/m10/s1. The normalized spacial score (nSPS) is 26.2. The molecule has 4 saturated carbocycles. The first-order valence-corrected chi connectivity index (χ1v) is 38.4. The van der Waals surface area contributed by atoms with Crippen LogP contribution in [0.2, 0.25) is 0 Å². The number of benzene rings is 4. The molecule has 0 spiro atoms. The highest BCUT2D eigenvalue weighted by atomic mass is 32.2. The van der Waals surface area contributed by atoms with Crippen molar-refractivity contribution in [1.29, 1.82) is 0 Å². The summed E-state index contributed by atoms with van der Waals surface area (Å²) in [5.41, 5.74) is 1.74. The molecular weight excluding hydrogens is 1360 g/mol. The van der Waals surface area contributed by atoms with Gasteiger partial charge in [-0.1, -0.05) is 50.4 Å². The predicted octanol–water partition coefficient (Wildman–Crippen LogP) is 9.78. The minimum absolute atomic E-state index is 0.0520. The lowest BCUT2D eigenvalue weighted by Gasteiger charge is -2.33. The van der Waals surface area contributed by atoms with Crippen LogP contribution in [0.3, 0.4) is 0 Å². The van der Waals surface area contributed by atoms with Crippen molar-refractivity contribution in [2.45, 2.75) is 163 Å². The van der Waals surface area contributed by atoms with Gasteiger partial charge in [0.25, 0.3) is 0 Å². The molecule has 4 saturated heterocycles. The quantitative estimate of drug-likeness (QED) is 0.0276. The Hall–Kier alpha value is -5.90. The molecule has 14 atom stereocenters. The van der Waals surface area contributed by atoms with E-state index in [0.29, 0.717) is 71.8 Å². The number of nitrogens with one attached hydrogen (secondary N) is 4. The third-order valence-electron chi connectivity index (χ3n) is 19.7. The van der Waals surface area contributed by atoms with Crippen molar-refractivity contribution in [1.82, 2.24) is 29.2 Å². The lowest BCUT2D eigenvalue weighted by atomic mass is 9.87. The van der Waals surface area contributed by atoms with Gasteiger partial charge >= 0.3 is 12.2 Å². The first-order chi connectivity index (χ1) is 46.8. The molecule has 8 aliphatic rings. The van der Waals surface area contributed by atoms with Crippen molar-refractivity contribution in [3.05, 3.63) is 107 Å². The smallest absolute Gasteiger partial charge is 0.407 e. The molecule has 6 N–H and O–H groups in total. The molecule has 4 aromatic carbocycles. The van der Waals surface area contributed by atoms with Crippen molar-refractivity contribution in [3.8, 4) is 0 Å². The van der Waals surface area contributed by atoms with Gasteiger partial charge in [-0.25, -0.2) is 54.0 Å². The van der Waals surface area contributed by atoms with E-state index in [-0.39, 0.29) is 132 Å². The molecule has 0 bridgehead atoms. The van der Waals surface area contributed by atoms with Crippen molar-refractivity contribution < 1.29 is 82.6 Å². The fourth-order valence-electron chi connectivity index (χ4n) is 14.9. The summed E-state index contributed by atoms with van der Waals surface area (Å²) in [6.45, 7) is 8.92. The molecule has 22 nitrogen and oxygen atoms in total. The number of sulfonamides is 2. The maximum absolute atomic E-state index is 14.2. The van der Waals surface area contributed by atoms with Gasteiger partial charge in [0.1, 0.15) is 35.5 Å². The number of aromatic nitrogens is 2. The molecule has 2 aromatic heterocycles. The second-order valence-electron chi connectivity index (χ2n) is 28.2. The zero-order chi connectivity index (χ0) is 68.9. The Morgan fingerprint density at radius 1 is 0.561 bits per heavy atom. The molecule has 532 valence electrons. The van der Waals surface area contributed by atoms with Crippen molar-refractivity contribution in [3.63, 3.8) is 0 Å². The molecule has 2 amide bonds. The molecule has 98 heavy (non-hydrogen) atoms. The summed E-state index contributed by atoms with van der Waals surface area (Å²) < 4.78 is 152. The van der Waals surface area contributed by atoms with Crippen molar-refractivity contribution in [2.24, 2.45) is 47.3 Å². The van der Waals surface area contributed by atoms with Crippen molar-refractivity contribution >= 4 is 85.6 Å². The van der Waals surface area contributed by atoms with Crippen LogP contribution in [0.15, 0.2) is 82.6 Å². The fraction of sp³-hybridized carbons (Fsp3) is 0.588. The SMILES string of the molecule is CC(C)CN(C[C@@H](O)[C@H](Cc1cc(F)cc(F)c1)NC(=O)O[C@@H]1C[C@@H]2CO[C@@H]3OCCC1[C@H]23)S(=O)(=O)c1ccc2nc(NC3CC3)sc2c1.CC(C)CN(C[C@@H](O)[C@H](Cc1cc(F)cc(F)c1)NC(=O)O[C@H]1C[C@H]2CO[C@H]3OCCC1[C@@H]23)S(=O)(=O)c1ccc2nc(NC3CC3)sc2c1. The fourth-order valence-corrected chi connectivity index (χ4v) is 20.3. The molecule has 4 aliphatic heterocycles. The summed E-state index contributed by atoms with van der Waals surface area (Å²) in [5.74, 6) is -2.59. The van der Waals surface area contributed by atoms with E-state index >= 15 is 0 Å². The third-order valence-corrected chi connectivity index (χ3v) is 25.2. The number of amides is 2. The first kappa shape index (κ1) is 70.5. The topological polar surface area (TPSA) is 279 Å². The Bertz CT molecular complexity index is 3790. The second-order valence-corrected chi connectivity index (χ2v) is 34.2. The summed E-state index contributed by atoms with van der Waals surface area (Å²) in [6, 6.07) is 14.0. The maximum Gasteiger partial charge on any atom is 0.407 e. The molecule has 14 rings (SSSR count). The van der Waals surface area contributed by atoms with Crippen LogP contribution in [0.25, 0.3) is 20.4 Å². The second kappa shape index (κ2) is 29.6. The summed E-state index contributed by atoms with van der Waals surface area (Å²) in [6.07, 6.45) is 0.791. The molecule has 0 radical (unpaired) electrons. The third kappa shape index (κ3) is 16.5. The number of thiazole rings is 2. The van der Waals surface area contributed by atoms with E-state index in [4.69, 9.17) is 28.4 Å². The zero-order valence-electron chi connectivity index (χ0n) is 54.8. The number of anilines is 2. The van der Waals surface area contributed by atoms with Gasteiger partial charge < -0.3 is 59.9 Å². The van der Waals surface area contributed by atoms with E-state index in [1.807, 2.05) is 27.7 Å². The Labute approximate surface area is 574 Å². The molecule has 2 unspecified atom stereocenters. The Kier molecular flexibility index (Phi) is 21.3. The van der Waals surface area contributed by atoms with E-state index in [1.165, 1.54) is 43.4 Å². The van der Waals surface area contributed by atoms with Crippen LogP contribution in [0.4, 0.5) is 37.4 Å². The van der Waals surface area contributed by atoms with Crippen LogP contribution in [-0.2, 0) is 61.3 Å². The number of aliphatic hydroxyl groups is 2. The van der Waals surface area contributed by atoms with Gasteiger partial charge in [0.15, 0.2) is 22.8 Å². The number of hydrogen-bond donors (Lipinski definition) is 6. The van der Waals surface area contributed by atoms with Crippen LogP contribution in [0, 0.1) is 70.6 Å². The van der Waals surface area contributed by atoms with Crippen LogP contribution < -0.4 is 21.3 Å². The number of nitrogens with zero attached hydrogens (tertiary/aromatic N) is 4. The molecule has 6 aromatic rings. The number of alkyl carbamates (subject to hydrolysis) is 2. The number of ether oxygens (including phenoxy) is 6.